The van der Waals surface area contributed by atoms with Crippen molar-refractivity contribution >= 4 is 48.9 Å². The Bertz CT molecular complexity index is 675. The van der Waals surface area contributed by atoms with Crippen LogP contribution in [0.1, 0.15) is 12.5 Å². The van der Waals surface area contributed by atoms with E-state index in [1.54, 1.807) is 0 Å². The molecule has 0 fully saturated rings. The van der Waals surface area contributed by atoms with Crippen molar-refractivity contribution in [1.82, 2.24) is 0 Å². The van der Waals surface area contributed by atoms with Crippen LogP contribution in [0.5, 0.6) is 0 Å². The number of hydrogen-bond acceptors (Lipinski definition) is 6. The molecule has 0 bridgehead atoms. The molecule has 1 rings (SSSR count). The second kappa shape index (κ2) is 5.67. The predicted molar refractivity (Wildman–Crippen MR) is 62.8 cm³/mol. The normalized spacial score (nSPS) is 11.7. The number of rotatable bonds is 3. The van der Waals surface area contributed by atoms with Crippen molar-refractivity contribution < 1.29 is 25.9 Å². The first-order valence-electron chi connectivity index (χ1n) is 4.26. The second-order valence-corrected chi connectivity index (χ2v) is 5.99. The molecule has 1 aromatic carbocycles. The van der Waals surface area contributed by atoms with Gasteiger partial charge in [0.1, 0.15) is 20.2 Å². The fourth-order valence-electron chi connectivity index (χ4n) is 1.31. The van der Waals surface area contributed by atoms with Crippen molar-refractivity contribution in [3.63, 3.8) is 0 Å². The molecule has 0 radical (unpaired) electrons. The molecule has 0 aliphatic heterocycles. The van der Waals surface area contributed by atoms with E-state index in [-0.39, 0.29) is 34.2 Å². The summed E-state index contributed by atoms with van der Waals surface area (Å²) < 4.78 is 65.7. The Morgan fingerprint density at radius 2 is 1.61 bits per heavy atom. The van der Waals surface area contributed by atoms with Crippen LogP contribution in [0.4, 0.5) is 0 Å². The maximum atomic E-state index is 11.0. The van der Waals surface area contributed by atoms with E-state index in [9.17, 15) is 25.9 Å². The van der Waals surface area contributed by atoms with Crippen molar-refractivity contribution in [1.29, 1.82) is 0 Å². The molecule has 6 nitrogen and oxygen atoms in total. The Labute approximate surface area is 121 Å². The van der Waals surface area contributed by atoms with Gasteiger partial charge in [0, 0.05) is 0 Å². The van der Waals surface area contributed by atoms with Gasteiger partial charge in [-0.15, -0.1) is 0 Å². The van der Waals surface area contributed by atoms with Crippen LogP contribution in [0.25, 0.3) is 5.57 Å². The zero-order chi connectivity index (χ0) is 13.4. The molecule has 1 aromatic rings. The van der Waals surface area contributed by atoms with Crippen LogP contribution in [0.2, 0.25) is 0 Å². The summed E-state index contributed by atoms with van der Waals surface area (Å²) in [6.07, 6.45) is 0. The van der Waals surface area contributed by atoms with Gasteiger partial charge in [-0.1, -0.05) is 18.7 Å². The molecular formula is C9H8MgO6S2. The smallest absolute Gasteiger partial charge is 0.744 e. The zero-order valence-corrected chi connectivity index (χ0v) is 12.5. The van der Waals surface area contributed by atoms with E-state index in [0.717, 1.165) is 6.07 Å². The second-order valence-electron chi connectivity index (χ2n) is 3.32. The summed E-state index contributed by atoms with van der Waals surface area (Å²) in [5.41, 5.74) is 0.00171. The first-order chi connectivity index (χ1) is 7.55. The van der Waals surface area contributed by atoms with E-state index in [0.29, 0.717) is 0 Å². The van der Waals surface area contributed by atoms with Gasteiger partial charge in [-0.2, -0.15) is 0 Å². The molecule has 0 heterocycles. The Balaban J connectivity index is 0.00000289. The minimum absolute atomic E-state index is 0. The molecule has 94 valence electrons. The molecule has 18 heavy (non-hydrogen) atoms. The fourth-order valence-corrected chi connectivity index (χ4v) is 3.33. The van der Waals surface area contributed by atoms with Crippen LogP contribution in [-0.2, 0) is 20.2 Å². The van der Waals surface area contributed by atoms with Gasteiger partial charge in [0.2, 0.25) is 0 Å². The fraction of sp³-hybridized carbons (Fsp3) is 0.111. The van der Waals surface area contributed by atoms with Crippen molar-refractivity contribution in [3.8, 4) is 0 Å². The molecule has 0 aliphatic carbocycles. The standard InChI is InChI=1S/C9H10O6S2.Mg/c1-6(2)7-4-3-5-8(16(10,11)12)9(7)17(13,14)15;/h3-5H,1H2,2H3,(H,10,11,12)(H,13,14,15);/q;+2/p-2. The van der Waals surface area contributed by atoms with Crippen LogP contribution in [0.15, 0.2) is 34.6 Å². The van der Waals surface area contributed by atoms with Gasteiger partial charge in [-0.05, 0) is 24.1 Å². The van der Waals surface area contributed by atoms with E-state index in [1.807, 2.05) is 0 Å². The molecule has 0 atom stereocenters. The number of allylic oxidation sites excluding steroid dienone is 1. The summed E-state index contributed by atoms with van der Waals surface area (Å²) in [5, 5.41) is 0. The van der Waals surface area contributed by atoms with Crippen molar-refractivity contribution in [2.75, 3.05) is 0 Å². The Hall–Kier alpha value is -0.454. The van der Waals surface area contributed by atoms with Crippen molar-refractivity contribution in [2.45, 2.75) is 16.7 Å². The maximum Gasteiger partial charge on any atom is 2.00 e. The SMILES string of the molecule is C=C(C)c1cccc(S(=O)(=O)[O-])c1S(=O)(=O)[O-].[Mg+2]. The van der Waals surface area contributed by atoms with E-state index in [4.69, 9.17) is 0 Å². The molecular weight excluding hydrogens is 293 g/mol. The summed E-state index contributed by atoms with van der Waals surface area (Å²) in [6, 6.07) is 3.16. The summed E-state index contributed by atoms with van der Waals surface area (Å²) in [6.45, 7) is 4.82. The largest absolute Gasteiger partial charge is 2.00 e. The van der Waals surface area contributed by atoms with Crippen LogP contribution < -0.4 is 0 Å². The van der Waals surface area contributed by atoms with Gasteiger partial charge >= 0.3 is 23.1 Å². The van der Waals surface area contributed by atoms with Gasteiger partial charge in [-0.25, -0.2) is 16.8 Å². The third-order valence-corrected chi connectivity index (χ3v) is 3.91. The third-order valence-electron chi connectivity index (χ3n) is 1.96. The minimum atomic E-state index is -5.08. The molecule has 0 saturated carbocycles. The van der Waals surface area contributed by atoms with Crippen LogP contribution in [-0.4, -0.2) is 49.0 Å². The average molecular weight is 301 g/mol. The quantitative estimate of drug-likeness (QED) is 0.579. The first-order valence-corrected chi connectivity index (χ1v) is 7.07. The Kier molecular flexibility index (Phi) is 5.53. The van der Waals surface area contributed by atoms with Crippen molar-refractivity contribution in [3.05, 3.63) is 30.3 Å². The van der Waals surface area contributed by atoms with Crippen LogP contribution >= 0.6 is 0 Å². The summed E-state index contributed by atoms with van der Waals surface area (Å²) >= 11 is 0. The Morgan fingerprint density at radius 3 is 1.94 bits per heavy atom. The molecule has 0 unspecified atom stereocenters. The molecule has 9 heteroatoms. The topological polar surface area (TPSA) is 114 Å². The first kappa shape index (κ1) is 17.5. The van der Waals surface area contributed by atoms with Gasteiger partial charge in [0.15, 0.2) is 0 Å². The van der Waals surface area contributed by atoms with E-state index < -0.39 is 30.0 Å². The molecule has 0 aromatic heterocycles. The van der Waals surface area contributed by atoms with E-state index in [2.05, 4.69) is 6.58 Å². The van der Waals surface area contributed by atoms with E-state index in [1.165, 1.54) is 19.1 Å². The van der Waals surface area contributed by atoms with Crippen LogP contribution in [0.3, 0.4) is 0 Å². The predicted octanol–water partition coefficient (Wildman–Crippen LogP) is 0.147. The van der Waals surface area contributed by atoms with Crippen molar-refractivity contribution in [2.24, 2.45) is 0 Å². The number of hydrogen-bond donors (Lipinski definition) is 0. The van der Waals surface area contributed by atoms with Gasteiger partial charge in [-0.3, -0.25) is 0 Å². The summed E-state index contributed by atoms with van der Waals surface area (Å²) in [7, 11) is -10.1. The molecule has 0 saturated heterocycles. The van der Waals surface area contributed by atoms with Gasteiger partial charge in [0.25, 0.3) is 0 Å². The van der Waals surface area contributed by atoms with E-state index >= 15 is 0 Å². The van der Waals surface area contributed by atoms with Crippen LogP contribution in [0, 0.1) is 0 Å². The average Bonchev–Trinajstić information content (AvgIpc) is 2.13. The molecule has 0 amide bonds. The molecule has 0 spiro atoms. The van der Waals surface area contributed by atoms with Gasteiger partial charge < -0.3 is 9.11 Å². The molecule has 0 aliphatic rings. The molecule has 0 N–H and O–H groups in total. The number of benzene rings is 1. The summed E-state index contributed by atoms with van der Waals surface area (Å²) in [4.78, 5) is -2.09. The third kappa shape index (κ3) is 3.77. The summed E-state index contributed by atoms with van der Waals surface area (Å²) in [5.74, 6) is 0. The monoisotopic (exact) mass is 300 g/mol. The minimum Gasteiger partial charge on any atom is -0.744 e. The Morgan fingerprint density at radius 1 is 1.11 bits per heavy atom. The van der Waals surface area contributed by atoms with Gasteiger partial charge in [0.05, 0.1) is 9.79 Å². The zero-order valence-electron chi connectivity index (χ0n) is 9.41. The maximum absolute atomic E-state index is 11.0.